The van der Waals surface area contributed by atoms with Crippen LogP contribution in [0.4, 0.5) is 4.79 Å². The Morgan fingerprint density at radius 1 is 1.19 bits per heavy atom. The number of rotatable bonds is 6. The van der Waals surface area contributed by atoms with Crippen LogP contribution in [0.3, 0.4) is 0 Å². The second kappa shape index (κ2) is 12.6. The second-order valence-corrected chi connectivity index (χ2v) is 9.08. The fraction of sp³-hybridized carbons (Fsp3) is 0.652. The lowest BCUT2D eigenvalue weighted by Crippen LogP contribution is -2.63. The minimum absolute atomic E-state index is 0. The predicted molar refractivity (Wildman–Crippen MR) is 137 cm³/mol. The quantitative estimate of drug-likeness (QED) is 0.317. The van der Waals surface area contributed by atoms with E-state index in [1.165, 1.54) is 11.1 Å². The Morgan fingerprint density at radius 3 is 2.47 bits per heavy atom. The Bertz CT molecular complexity index is 756. The molecule has 2 fully saturated rings. The van der Waals surface area contributed by atoms with Crippen LogP contribution in [-0.2, 0) is 22.6 Å². The van der Waals surface area contributed by atoms with Crippen molar-refractivity contribution in [1.29, 1.82) is 0 Å². The number of likely N-dealkylation sites (tertiary alicyclic amines) is 1. The van der Waals surface area contributed by atoms with Crippen molar-refractivity contribution in [1.82, 2.24) is 20.4 Å². The number of amides is 1. The summed E-state index contributed by atoms with van der Waals surface area (Å²) in [6.07, 6.45) is -0.260. The third kappa shape index (κ3) is 8.40. The van der Waals surface area contributed by atoms with Crippen molar-refractivity contribution in [2.75, 3.05) is 45.9 Å². The maximum absolute atomic E-state index is 12.1. The third-order valence-electron chi connectivity index (χ3n) is 5.24. The van der Waals surface area contributed by atoms with Crippen LogP contribution >= 0.6 is 24.0 Å². The molecule has 32 heavy (non-hydrogen) atoms. The molecule has 2 N–H and O–H groups in total. The molecule has 0 saturated carbocycles. The van der Waals surface area contributed by atoms with Crippen LogP contribution < -0.4 is 10.6 Å². The van der Waals surface area contributed by atoms with Crippen molar-refractivity contribution in [3.05, 3.63) is 35.4 Å². The van der Waals surface area contributed by atoms with Crippen molar-refractivity contribution >= 4 is 36.0 Å². The van der Waals surface area contributed by atoms with Crippen LogP contribution in [0.2, 0.25) is 0 Å². The highest BCUT2D eigenvalue weighted by Gasteiger charge is 2.34. The van der Waals surface area contributed by atoms with Crippen molar-refractivity contribution in [3.8, 4) is 0 Å². The van der Waals surface area contributed by atoms with E-state index < -0.39 is 5.60 Å². The van der Waals surface area contributed by atoms with Gasteiger partial charge in [-0.25, -0.2) is 9.79 Å². The highest BCUT2D eigenvalue weighted by atomic mass is 127. The first kappa shape index (κ1) is 26.7. The van der Waals surface area contributed by atoms with Gasteiger partial charge in [0, 0.05) is 39.3 Å². The number of nitrogens with zero attached hydrogens (tertiary/aromatic N) is 3. The molecule has 0 radical (unpaired) electrons. The molecule has 2 heterocycles. The molecule has 2 saturated heterocycles. The monoisotopic (exact) mass is 559 g/mol. The van der Waals surface area contributed by atoms with Crippen molar-refractivity contribution in [3.63, 3.8) is 0 Å². The first-order chi connectivity index (χ1) is 14.8. The van der Waals surface area contributed by atoms with E-state index in [2.05, 4.69) is 46.7 Å². The predicted octanol–water partition coefficient (Wildman–Crippen LogP) is 2.81. The topological polar surface area (TPSA) is 78.4 Å². The van der Waals surface area contributed by atoms with Gasteiger partial charge in [-0.3, -0.25) is 4.90 Å². The fourth-order valence-electron chi connectivity index (χ4n) is 3.59. The SMILES string of the molecule is CCNC(=NCc1ccccc1CN1CCOCC1)NC1CN(C(=O)OC(C)(C)C)C1.I. The van der Waals surface area contributed by atoms with Gasteiger partial charge in [0.2, 0.25) is 0 Å². The summed E-state index contributed by atoms with van der Waals surface area (Å²) in [6.45, 7) is 14.8. The van der Waals surface area contributed by atoms with Crippen LogP contribution in [-0.4, -0.2) is 79.4 Å². The summed E-state index contributed by atoms with van der Waals surface area (Å²) in [4.78, 5) is 21.1. The summed E-state index contributed by atoms with van der Waals surface area (Å²) in [5, 5.41) is 6.75. The van der Waals surface area contributed by atoms with Crippen molar-refractivity contribution < 1.29 is 14.3 Å². The molecule has 0 aliphatic carbocycles. The number of ether oxygens (including phenoxy) is 2. The van der Waals surface area contributed by atoms with Gasteiger partial charge in [-0.05, 0) is 38.8 Å². The zero-order valence-electron chi connectivity index (χ0n) is 19.7. The zero-order valence-corrected chi connectivity index (χ0v) is 22.1. The summed E-state index contributed by atoms with van der Waals surface area (Å²) in [5.41, 5.74) is 2.07. The summed E-state index contributed by atoms with van der Waals surface area (Å²) < 4.78 is 10.9. The molecular formula is C23H38IN5O3. The number of nitrogens with one attached hydrogen (secondary N) is 2. The lowest BCUT2D eigenvalue weighted by Gasteiger charge is -2.40. The van der Waals surface area contributed by atoms with Gasteiger partial charge in [-0.1, -0.05) is 24.3 Å². The lowest BCUT2D eigenvalue weighted by molar-refractivity contribution is 0.00700. The largest absolute Gasteiger partial charge is 0.444 e. The van der Waals surface area contributed by atoms with E-state index in [9.17, 15) is 4.79 Å². The highest BCUT2D eigenvalue weighted by Crippen LogP contribution is 2.16. The molecule has 9 heteroatoms. The maximum Gasteiger partial charge on any atom is 0.410 e. The lowest BCUT2D eigenvalue weighted by atomic mass is 10.1. The molecule has 180 valence electrons. The fourth-order valence-corrected chi connectivity index (χ4v) is 3.59. The van der Waals surface area contributed by atoms with E-state index >= 15 is 0 Å². The Hall–Kier alpha value is -1.59. The summed E-state index contributed by atoms with van der Waals surface area (Å²) in [5.74, 6) is 0.775. The van der Waals surface area contributed by atoms with Gasteiger partial charge in [0.25, 0.3) is 0 Å². The molecule has 0 atom stereocenters. The molecule has 1 amide bonds. The van der Waals surface area contributed by atoms with Crippen LogP contribution in [0.25, 0.3) is 0 Å². The minimum atomic E-state index is -0.472. The first-order valence-corrected chi connectivity index (χ1v) is 11.2. The van der Waals surface area contributed by atoms with Gasteiger partial charge in [-0.15, -0.1) is 24.0 Å². The molecular weight excluding hydrogens is 521 g/mol. The standard InChI is InChI=1S/C23H37N5O3.HI/c1-5-24-21(26-20-16-28(17-20)22(29)31-23(2,3)4)25-14-18-8-6-7-9-19(18)15-27-10-12-30-13-11-27;/h6-9,20H,5,10-17H2,1-4H3,(H2,24,25,26);1H. The van der Waals surface area contributed by atoms with Crippen LogP contribution in [0.5, 0.6) is 0 Å². The zero-order chi connectivity index (χ0) is 22.3. The molecule has 0 unspecified atom stereocenters. The molecule has 0 aromatic heterocycles. The number of guanidine groups is 1. The van der Waals surface area contributed by atoms with Gasteiger partial charge >= 0.3 is 6.09 Å². The number of halogens is 1. The molecule has 1 aromatic carbocycles. The number of hydrogen-bond acceptors (Lipinski definition) is 5. The van der Waals surface area contributed by atoms with Crippen LogP contribution in [0.1, 0.15) is 38.8 Å². The smallest absolute Gasteiger partial charge is 0.410 e. The number of benzene rings is 1. The van der Waals surface area contributed by atoms with Crippen molar-refractivity contribution in [2.45, 2.75) is 52.4 Å². The number of carbonyl (C=O) groups is 1. The Kier molecular flexibility index (Phi) is 10.5. The highest BCUT2D eigenvalue weighted by molar-refractivity contribution is 14.0. The number of hydrogen-bond donors (Lipinski definition) is 2. The molecule has 3 rings (SSSR count). The van der Waals surface area contributed by atoms with E-state index in [-0.39, 0.29) is 36.1 Å². The summed E-state index contributed by atoms with van der Waals surface area (Å²) in [6, 6.07) is 8.67. The van der Waals surface area contributed by atoms with E-state index in [0.717, 1.165) is 45.4 Å². The van der Waals surface area contributed by atoms with E-state index in [4.69, 9.17) is 14.5 Å². The summed E-state index contributed by atoms with van der Waals surface area (Å²) in [7, 11) is 0. The molecule has 8 nitrogen and oxygen atoms in total. The van der Waals surface area contributed by atoms with Crippen molar-refractivity contribution in [2.24, 2.45) is 4.99 Å². The van der Waals surface area contributed by atoms with E-state index in [1.54, 1.807) is 4.90 Å². The van der Waals surface area contributed by atoms with Crippen LogP contribution in [0, 0.1) is 0 Å². The number of morpholine rings is 1. The average Bonchev–Trinajstić information content (AvgIpc) is 2.68. The van der Waals surface area contributed by atoms with Gasteiger partial charge < -0.3 is 25.0 Å². The van der Waals surface area contributed by atoms with Gasteiger partial charge in [0.1, 0.15) is 5.60 Å². The minimum Gasteiger partial charge on any atom is -0.444 e. The first-order valence-electron chi connectivity index (χ1n) is 11.2. The van der Waals surface area contributed by atoms with Crippen LogP contribution in [0.15, 0.2) is 29.3 Å². The van der Waals surface area contributed by atoms with Gasteiger partial charge in [0.05, 0.1) is 25.8 Å². The molecule has 0 bridgehead atoms. The van der Waals surface area contributed by atoms with E-state index in [0.29, 0.717) is 19.6 Å². The Morgan fingerprint density at radius 2 is 1.84 bits per heavy atom. The average molecular weight is 559 g/mol. The normalized spacial score (nSPS) is 17.9. The molecule has 2 aliphatic rings. The second-order valence-electron chi connectivity index (χ2n) is 9.08. The molecule has 0 spiro atoms. The Balaban J connectivity index is 0.00000363. The third-order valence-corrected chi connectivity index (χ3v) is 5.24. The van der Waals surface area contributed by atoms with Gasteiger partial charge in [-0.2, -0.15) is 0 Å². The summed E-state index contributed by atoms with van der Waals surface area (Å²) >= 11 is 0. The maximum atomic E-state index is 12.1. The number of aliphatic imine (C=N–C) groups is 1. The van der Waals surface area contributed by atoms with Gasteiger partial charge in [0.15, 0.2) is 5.96 Å². The number of carbonyl (C=O) groups excluding carboxylic acids is 1. The van der Waals surface area contributed by atoms with E-state index in [1.807, 2.05) is 20.8 Å². The molecule has 2 aliphatic heterocycles. The molecule has 1 aromatic rings. The Labute approximate surface area is 209 Å².